The first-order valence-corrected chi connectivity index (χ1v) is 6.76. The maximum atomic E-state index is 11.9. The zero-order chi connectivity index (χ0) is 14.5. The molecule has 5 heteroatoms. The fourth-order valence-electron chi connectivity index (χ4n) is 1.62. The normalized spacial score (nSPS) is 11.2. The molecule has 2 aromatic rings. The van der Waals surface area contributed by atoms with Crippen LogP contribution in [-0.2, 0) is 0 Å². The molecule has 0 aliphatic carbocycles. The summed E-state index contributed by atoms with van der Waals surface area (Å²) in [6.45, 7) is 1.80. The van der Waals surface area contributed by atoms with Gasteiger partial charge in [0.15, 0.2) is 0 Å². The molecule has 2 rings (SSSR count). The molecule has 0 atom stereocenters. The highest BCUT2D eigenvalue weighted by molar-refractivity contribution is 9.10. The summed E-state index contributed by atoms with van der Waals surface area (Å²) in [5, 5.41) is 13.6. The highest BCUT2D eigenvalue weighted by Gasteiger charge is 2.09. The minimum atomic E-state index is -0.445. The maximum Gasteiger partial charge on any atom is 0.275 e. The van der Waals surface area contributed by atoms with Crippen molar-refractivity contribution >= 4 is 27.5 Å². The number of carbonyl (C=O) groups is 1. The van der Waals surface area contributed by atoms with Gasteiger partial charge < -0.3 is 5.11 Å². The Kier molecular flexibility index (Phi) is 4.53. The lowest BCUT2D eigenvalue weighted by atomic mass is 10.1. The lowest BCUT2D eigenvalue weighted by Crippen LogP contribution is -2.19. The van der Waals surface area contributed by atoms with Gasteiger partial charge in [-0.2, -0.15) is 5.10 Å². The molecule has 0 aliphatic heterocycles. The Bertz CT molecular complexity index is 651. The summed E-state index contributed by atoms with van der Waals surface area (Å²) in [5.74, 6) is -0.513. The van der Waals surface area contributed by atoms with E-state index in [2.05, 4.69) is 26.5 Å². The number of phenolic OH excluding ortho intramolecular Hbond substituents is 1. The Hall–Kier alpha value is -2.14. The van der Waals surface area contributed by atoms with Gasteiger partial charge >= 0.3 is 0 Å². The van der Waals surface area contributed by atoms with E-state index in [4.69, 9.17) is 0 Å². The molecule has 0 radical (unpaired) electrons. The second-order valence-electron chi connectivity index (χ2n) is 4.16. The molecular formula is C15H13BrN2O2. The molecule has 0 saturated carbocycles. The van der Waals surface area contributed by atoms with Crippen LogP contribution < -0.4 is 5.43 Å². The molecule has 0 aliphatic rings. The lowest BCUT2D eigenvalue weighted by Gasteiger charge is -2.04. The number of carbonyl (C=O) groups excluding carboxylic acids is 1. The van der Waals surface area contributed by atoms with Crippen LogP contribution >= 0.6 is 15.9 Å². The molecule has 0 saturated heterocycles. The number of benzene rings is 2. The number of rotatable bonds is 3. The average Bonchev–Trinajstić information content (AvgIpc) is 2.45. The first kappa shape index (κ1) is 14.3. The van der Waals surface area contributed by atoms with Gasteiger partial charge in [0.05, 0.1) is 11.3 Å². The van der Waals surface area contributed by atoms with E-state index in [9.17, 15) is 9.90 Å². The fourth-order valence-corrected chi connectivity index (χ4v) is 1.88. The zero-order valence-electron chi connectivity index (χ0n) is 10.8. The Morgan fingerprint density at radius 3 is 2.45 bits per heavy atom. The molecule has 2 N–H and O–H groups in total. The standard InChI is InChI=1S/C15H13BrN2O2/c1-10(11-6-8-12(16)9-7-11)17-18-15(20)13-4-2-3-5-14(13)19/h2-9,19H,1H3,(H,18,20)/b17-10-. The van der Waals surface area contributed by atoms with Crippen LogP contribution in [0.2, 0.25) is 0 Å². The van der Waals surface area contributed by atoms with Crippen LogP contribution in [0.25, 0.3) is 0 Å². The van der Waals surface area contributed by atoms with Crippen LogP contribution in [0.5, 0.6) is 5.75 Å². The Labute approximate surface area is 125 Å². The van der Waals surface area contributed by atoms with Crippen molar-refractivity contribution in [3.05, 3.63) is 64.1 Å². The van der Waals surface area contributed by atoms with Gasteiger partial charge in [0.1, 0.15) is 5.75 Å². The van der Waals surface area contributed by atoms with E-state index < -0.39 is 5.91 Å². The molecule has 2 aromatic carbocycles. The van der Waals surface area contributed by atoms with E-state index in [1.165, 1.54) is 12.1 Å². The van der Waals surface area contributed by atoms with Crippen molar-refractivity contribution in [3.63, 3.8) is 0 Å². The van der Waals surface area contributed by atoms with E-state index in [1.807, 2.05) is 24.3 Å². The summed E-state index contributed by atoms with van der Waals surface area (Å²) < 4.78 is 0.979. The third kappa shape index (κ3) is 3.45. The molecule has 20 heavy (non-hydrogen) atoms. The van der Waals surface area contributed by atoms with Crippen LogP contribution in [0.3, 0.4) is 0 Å². The first-order valence-electron chi connectivity index (χ1n) is 5.96. The summed E-state index contributed by atoms with van der Waals surface area (Å²) in [6, 6.07) is 13.9. The Morgan fingerprint density at radius 1 is 1.15 bits per heavy atom. The molecule has 1 amide bonds. The largest absolute Gasteiger partial charge is 0.507 e. The van der Waals surface area contributed by atoms with Crippen LogP contribution in [0, 0.1) is 0 Å². The van der Waals surface area contributed by atoms with Crippen molar-refractivity contribution in [1.82, 2.24) is 5.43 Å². The predicted molar refractivity (Wildman–Crippen MR) is 81.9 cm³/mol. The van der Waals surface area contributed by atoms with Gasteiger partial charge in [0.25, 0.3) is 5.91 Å². The second-order valence-corrected chi connectivity index (χ2v) is 5.08. The first-order chi connectivity index (χ1) is 9.58. The molecule has 0 unspecified atom stereocenters. The molecule has 0 bridgehead atoms. The van der Waals surface area contributed by atoms with Crippen molar-refractivity contribution in [2.45, 2.75) is 6.92 Å². The number of hydrazone groups is 1. The van der Waals surface area contributed by atoms with Crippen molar-refractivity contribution in [2.75, 3.05) is 0 Å². The van der Waals surface area contributed by atoms with Crippen LogP contribution in [-0.4, -0.2) is 16.7 Å². The summed E-state index contributed by atoms with van der Waals surface area (Å²) >= 11 is 3.36. The van der Waals surface area contributed by atoms with Gasteiger partial charge in [-0.1, -0.05) is 40.2 Å². The van der Waals surface area contributed by atoms with Gasteiger partial charge in [-0.25, -0.2) is 5.43 Å². The maximum absolute atomic E-state index is 11.9. The second kappa shape index (κ2) is 6.34. The third-order valence-electron chi connectivity index (χ3n) is 2.74. The number of nitrogens with zero attached hydrogens (tertiary/aromatic N) is 1. The van der Waals surface area contributed by atoms with Crippen LogP contribution in [0.15, 0.2) is 58.1 Å². The summed E-state index contributed by atoms with van der Waals surface area (Å²) in [6.07, 6.45) is 0. The van der Waals surface area contributed by atoms with Gasteiger partial charge in [0, 0.05) is 4.47 Å². The number of hydrogen-bond donors (Lipinski definition) is 2. The van der Waals surface area contributed by atoms with Crippen LogP contribution in [0.4, 0.5) is 0 Å². The summed E-state index contributed by atoms with van der Waals surface area (Å²) in [7, 11) is 0. The number of amides is 1. The van der Waals surface area contributed by atoms with Crippen molar-refractivity contribution in [3.8, 4) is 5.75 Å². The molecule has 0 aromatic heterocycles. The summed E-state index contributed by atoms with van der Waals surface area (Å²) in [5.41, 5.74) is 4.21. The van der Waals surface area contributed by atoms with E-state index in [0.717, 1.165) is 10.0 Å². The van der Waals surface area contributed by atoms with E-state index in [0.29, 0.717) is 5.71 Å². The number of halogens is 1. The Morgan fingerprint density at radius 2 is 1.80 bits per heavy atom. The van der Waals surface area contributed by atoms with Crippen molar-refractivity contribution < 1.29 is 9.90 Å². The van der Waals surface area contributed by atoms with E-state index in [-0.39, 0.29) is 11.3 Å². The van der Waals surface area contributed by atoms with Gasteiger partial charge in [0.2, 0.25) is 0 Å². The smallest absolute Gasteiger partial charge is 0.275 e. The minimum Gasteiger partial charge on any atom is -0.507 e. The monoisotopic (exact) mass is 332 g/mol. The Balaban J connectivity index is 2.11. The number of hydrogen-bond acceptors (Lipinski definition) is 3. The average molecular weight is 333 g/mol. The number of nitrogens with one attached hydrogen (secondary N) is 1. The molecule has 0 spiro atoms. The predicted octanol–water partition coefficient (Wildman–Crippen LogP) is 3.31. The third-order valence-corrected chi connectivity index (χ3v) is 3.26. The van der Waals surface area contributed by atoms with Crippen molar-refractivity contribution in [1.29, 1.82) is 0 Å². The van der Waals surface area contributed by atoms with Crippen molar-refractivity contribution in [2.24, 2.45) is 5.10 Å². The molecular weight excluding hydrogens is 320 g/mol. The lowest BCUT2D eigenvalue weighted by molar-refractivity contribution is 0.0952. The molecule has 102 valence electrons. The molecule has 0 fully saturated rings. The minimum absolute atomic E-state index is 0.0681. The van der Waals surface area contributed by atoms with Gasteiger partial charge in [-0.15, -0.1) is 0 Å². The highest BCUT2D eigenvalue weighted by Crippen LogP contribution is 2.15. The highest BCUT2D eigenvalue weighted by atomic mass is 79.9. The number of aromatic hydroxyl groups is 1. The topological polar surface area (TPSA) is 61.7 Å². The van der Waals surface area contributed by atoms with Gasteiger partial charge in [-0.3, -0.25) is 4.79 Å². The van der Waals surface area contributed by atoms with E-state index >= 15 is 0 Å². The quantitative estimate of drug-likeness (QED) is 0.669. The summed E-state index contributed by atoms with van der Waals surface area (Å²) in [4.78, 5) is 11.9. The number of phenols is 1. The van der Waals surface area contributed by atoms with Crippen LogP contribution in [0.1, 0.15) is 22.8 Å². The zero-order valence-corrected chi connectivity index (χ0v) is 12.4. The van der Waals surface area contributed by atoms with E-state index in [1.54, 1.807) is 19.1 Å². The number of para-hydroxylation sites is 1. The molecule has 4 nitrogen and oxygen atoms in total. The molecule has 0 heterocycles. The SMILES string of the molecule is C/C(=N/NC(=O)c1ccccc1O)c1ccc(Br)cc1. The van der Waals surface area contributed by atoms with Gasteiger partial charge in [-0.05, 0) is 36.8 Å². The fraction of sp³-hybridized carbons (Fsp3) is 0.0667.